The summed E-state index contributed by atoms with van der Waals surface area (Å²) in [4.78, 5) is 21.3. The molecule has 0 aliphatic rings. The summed E-state index contributed by atoms with van der Waals surface area (Å²) in [6.45, 7) is 4.46. The fourth-order valence-corrected chi connectivity index (χ4v) is 0.823. The van der Waals surface area contributed by atoms with Crippen molar-refractivity contribution in [2.45, 2.75) is 39.2 Å². The van der Waals surface area contributed by atoms with Crippen LogP contribution in [0.4, 0.5) is 0 Å². The predicted octanol–water partition coefficient (Wildman–Crippen LogP) is 0.696. The van der Waals surface area contributed by atoms with Crippen molar-refractivity contribution in [1.29, 1.82) is 0 Å². The monoisotopic (exact) mass is 158 g/mol. The van der Waals surface area contributed by atoms with Gasteiger partial charge in [-0.2, -0.15) is 0 Å². The maximum absolute atomic E-state index is 10.9. The number of carbonyl (C=O) groups is 2. The second-order valence-electron chi connectivity index (χ2n) is 3.41. The van der Waals surface area contributed by atoms with Gasteiger partial charge in [-0.25, -0.2) is 0 Å². The third kappa shape index (κ3) is 7.19. The summed E-state index contributed by atoms with van der Waals surface area (Å²) in [6.07, 6.45) is -0.0173. The molecular weight excluding hydrogens is 144 g/mol. The van der Waals surface area contributed by atoms with E-state index in [1.807, 2.05) is 0 Å². The second kappa shape index (κ2) is 3.62. The average molecular weight is 158 g/mol. The highest BCUT2D eigenvalue weighted by molar-refractivity contribution is 5.98. The predicted molar refractivity (Wildman–Crippen MR) is 41.2 cm³/mol. The Balaban J connectivity index is 3.80. The van der Waals surface area contributed by atoms with E-state index in [9.17, 15) is 9.59 Å². The molecule has 3 heteroatoms. The fraction of sp³-hybridized carbons (Fsp3) is 0.750. The maximum Gasteiger partial charge on any atom is 0.143 e. The molecule has 0 heterocycles. The average Bonchev–Trinajstić information content (AvgIpc) is 1.53. The molecule has 0 aromatic heterocycles. The largest absolute Gasteiger partial charge is 0.390 e. The highest BCUT2D eigenvalue weighted by Gasteiger charge is 2.18. The van der Waals surface area contributed by atoms with Crippen LogP contribution in [0.25, 0.3) is 0 Å². The summed E-state index contributed by atoms with van der Waals surface area (Å²) >= 11 is 0. The van der Waals surface area contributed by atoms with Crippen LogP contribution in [0.3, 0.4) is 0 Å². The van der Waals surface area contributed by atoms with Crippen molar-refractivity contribution in [1.82, 2.24) is 0 Å². The lowest BCUT2D eigenvalue weighted by molar-refractivity contribution is -0.128. The molecule has 0 aromatic carbocycles. The third-order valence-corrected chi connectivity index (χ3v) is 1.08. The minimum atomic E-state index is -0.994. The Kier molecular flexibility index (Phi) is 3.39. The van der Waals surface area contributed by atoms with Crippen molar-refractivity contribution in [3.63, 3.8) is 0 Å². The minimum Gasteiger partial charge on any atom is -0.390 e. The van der Waals surface area contributed by atoms with Gasteiger partial charge in [0, 0.05) is 6.42 Å². The normalized spacial score (nSPS) is 11.3. The number of Topliss-reactive ketones (excluding diaryl/α,β-unsaturated/α-hetero) is 2. The molecule has 0 radical (unpaired) electrons. The minimum absolute atomic E-state index is 0.0482. The van der Waals surface area contributed by atoms with Gasteiger partial charge in [-0.1, -0.05) is 0 Å². The number of carbonyl (C=O) groups excluding carboxylic acids is 2. The lowest BCUT2D eigenvalue weighted by Crippen LogP contribution is -2.24. The van der Waals surface area contributed by atoms with E-state index in [0.717, 1.165) is 0 Å². The SMILES string of the molecule is CC(=O)CC(=O)CC(C)(C)O. The quantitative estimate of drug-likeness (QED) is 0.612. The van der Waals surface area contributed by atoms with Gasteiger partial charge in [0.25, 0.3) is 0 Å². The van der Waals surface area contributed by atoms with Gasteiger partial charge in [-0.05, 0) is 20.8 Å². The summed E-state index contributed by atoms with van der Waals surface area (Å²) in [5.74, 6) is -0.357. The van der Waals surface area contributed by atoms with Crippen LogP contribution in [-0.2, 0) is 9.59 Å². The summed E-state index contributed by atoms with van der Waals surface area (Å²) in [5.41, 5.74) is -0.994. The van der Waals surface area contributed by atoms with Gasteiger partial charge in [-0.15, -0.1) is 0 Å². The number of aliphatic hydroxyl groups is 1. The van der Waals surface area contributed by atoms with Gasteiger partial charge >= 0.3 is 0 Å². The number of hydrogen-bond acceptors (Lipinski definition) is 3. The van der Waals surface area contributed by atoms with Gasteiger partial charge in [0.1, 0.15) is 11.6 Å². The highest BCUT2D eigenvalue weighted by atomic mass is 16.3. The Morgan fingerprint density at radius 1 is 1.36 bits per heavy atom. The first-order valence-corrected chi connectivity index (χ1v) is 3.55. The van der Waals surface area contributed by atoms with Crippen LogP contribution in [0.5, 0.6) is 0 Å². The van der Waals surface area contributed by atoms with Crippen LogP contribution in [0.2, 0.25) is 0 Å². The Morgan fingerprint density at radius 2 is 1.82 bits per heavy atom. The first kappa shape index (κ1) is 10.3. The zero-order valence-corrected chi connectivity index (χ0v) is 7.18. The first-order chi connectivity index (χ1) is 4.81. The van der Waals surface area contributed by atoms with Crippen LogP contribution in [0.15, 0.2) is 0 Å². The molecule has 0 bridgehead atoms. The maximum atomic E-state index is 10.9. The van der Waals surface area contributed by atoms with Crippen LogP contribution >= 0.6 is 0 Å². The zero-order valence-electron chi connectivity index (χ0n) is 7.18. The van der Waals surface area contributed by atoms with E-state index in [4.69, 9.17) is 5.11 Å². The van der Waals surface area contributed by atoms with E-state index in [1.54, 1.807) is 13.8 Å². The molecule has 0 aliphatic carbocycles. The molecule has 64 valence electrons. The lowest BCUT2D eigenvalue weighted by Gasteiger charge is -2.14. The number of hydrogen-bond donors (Lipinski definition) is 1. The lowest BCUT2D eigenvalue weighted by atomic mass is 10.00. The summed E-state index contributed by atoms with van der Waals surface area (Å²) in [5, 5.41) is 9.17. The molecule has 0 aromatic rings. The van der Waals surface area contributed by atoms with Gasteiger partial charge in [0.15, 0.2) is 0 Å². The Labute approximate surface area is 66.4 Å². The molecule has 0 atom stereocenters. The highest BCUT2D eigenvalue weighted by Crippen LogP contribution is 2.08. The standard InChI is InChI=1S/C8H14O3/c1-6(9)4-7(10)5-8(2,3)11/h11H,4-5H2,1-3H3. The molecule has 0 saturated carbocycles. The molecule has 11 heavy (non-hydrogen) atoms. The van der Waals surface area contributed by atoms with E-state index in [2.05, 4.69) is 0 Å². The van der Waals surface area contributed by atoms with E-state index in [0.29, 0.717) is 0 Å². The topological polar surface area (TPSA) is 54.4 Å². The van der Waals surface area contributed by atoms with Crippen molar-refractivity contribution in [3.05, 3.63) is 0 Å². The molecule has 3 nitrogen and oxygen atoms in total. The van der Waals surface area contributed by atoms with Gasteiger partial charge < -0.3 is 5.11 Å². The van der Waals surface area contributed by atoms with Crippen molar-refractivity contribution < 1.29 is 14.7 Å². The van der Waals surface area contributed by atoms with E-state index >= 15 is 0 Å². The summed E-state index contributed by atoms with van der Waals surface area (Å²) < 4.78 is 0. The zero-order chi connectivity index (χ0) is 9.07. The van der Waals surface area contributed by atoms with Crippen molar-refractivity contribution >= 4 is 11.6 Å². The number of ketones is 2. The summed E-state index contributed by atoms with van der Waals surface area (Å²) in [6, 6.07) is 0. The smallest absolute Gasteiger partial charge is 0.143 e. The Hall–Kier alpha value is -0.700. The van der Waals surface area contributed by atoms with Crippen LogP contribution in [0.1, 0.15) is 33.6 Å². The van der Waals surface area contributed by atoms with Gasteiger partial charge in [0.05, 0.1) is 12.0 Å². The van der Waals surface area contributed by atoms with Gasteiger partial charge in [0.2, 0.25) is 0 Å². The first-order valence-electron chi connectivity index (χ1n) is 3.55. The van der Waals surface area contributed by atoms with Crippen molar-refractivity contribution in [2.75, 3.05) is 0 Å². The third-order valence-electron chi connectivity index (χ3n) is 1.08. The molecule has 0 saturated heterocycles. The fourth-order valence-electron chi connectivity index (χ4n) is 0.823. The molecule has 0 fully saturated rings. The summed E-state index contributed by atoms with van der Waals surface area (Å²) in [7, 11) is 0. The number of rotatable bonds is 4. The molecule has 0 unspecified atom stereocenters. The Bertz CT molecular complexity index is 165. The van der Waals surface area contributed by atoms with Gasteiger partial charge in [-0.3, -0.25) is 9.59 Å². The second-order valence-corrected chi connectivity index (χ2v) is 3.41. The van der Waals surface area contributed by atoms with E-state index < -0.39 is 5.60 Å². The molecule has 0 spiro atoms. The van der Waals surface area contributed by atoms with E-state index in [1.165, 1.54) is 6.92 Å². The van der Waals surface area contributed by atoms with Crippen LogP contribution in [0, 0.1) is 0 Å². The van der Waals surface area contributed by atoms with Crippen LogP contribution in [-0.4, -0.2) is 22.3 Å². The van der Waals surface area contributed by atoms with E-state index in [-0.39, 0.29) is 24.4 Å². The van der Waals surface area contributed by atoms with Crippen molar-refractivity contribution in [2.24, 2.45) is 0 Å². The molecule has 0 amide bonds. The van der Waals surface area contributed by atoms with Crippen LogP contribution < -0.4 is 0 Å². The van der Waals surface area contributed by atoms with Crippen molar-refractivity contribution in [3.8, 4) is 0 Å². The Morgan fingerprint density at radius 3 is 2.09 bits per heavy atom. The molecule has 1 N–H and O–H groups in total. The molecule has 0 aliphatic heterocycles. The molecular formula is C8H14O3. The molecule has 0 rings (SSSR count).